The van der Waals surface area contributed by atoms with Gasteiger partial charge in [0.25, 0.3) is 0 Å². The van der Waals surface area contributed by atoms with Gasteiger partial charge in [-0.1, -0.05) is 17.7 Å². The van der Waals surface area contributed by atoms with Crippen molar-refractivity contribution in [2.75, 3.05) is 7.11 Å². The van der Waals surface area contributed by atoms with E-state index in [1.165, 1.54) is 11.1 Å². The van der Waals surface area contributed by atoms with E-state index in [0.29, 0.717) is 0 Å². The van der Waals surface area contributed by atoms with Gasteiger partial charge in [-0.25, -0.2) is 0 Å². The molecule has 2 nitrogen and oxygen atoms in total. The highest BCUT2D eigenvalue weighted by molar-refractivity contribution is 5.74. The Balaban J connectivity index is 2.26. The molecule has 0 aromatic carbocycles. The molecule has 15 heavy (non-hydrogen) atoms. The first kappa shape index (κ1) is 9.97. The number of hydrogen-bond donors (Lipinski definition) is 0. The van der Waals surface area contributed by atoms with Crippen LogP contribution in [-0.4, -0.2) is 12.1 Å². The van der Waals surface area contributed by atoms with E-state index >= 15 is 0 Å². The molecule has 2 heteroatoms. The van der Waals surface area contributed by atoms with E-state index in [4.69, 9.17) is 4.74 Å². The van der Waals surface area contributed by atoms with Gasteiger partial charge in [0.1, 0.15) is 5.75 Å². The zero-order valence-electron chi connectivity index (χ0n) is 9.03. The minimum Gasteiger partial charge on any atom is -0.495 e. The molecule has 0 bridgehead atoms. The van der Waals surface area contributed by atoms with Crippen molar-refractivity contribution in [3.05, 3.63) is 48.2 Å². The Labute approximate surface area is 90.3 Å². The van der Waals surface area contributed by atoms with Gasteiger partial charge in [-0.2, -0.15) is 0 Å². The lowest BCUT2D eigenvalue weighted by Gasteiger charge is -2.10. The van der Waals surface area contributed by atoms with Crippen LogP contribution in [0.5, 0.6) is 5.75 Å². The highest BCUT2D eigenvalue weighted by Crippen LogP contribution is 2.23. The second-order valence-corrected chi connectivity index (χ2v) is 3.64. The van der Waals surface area contributed by atoms with Crippen molar-refractivity contribution in [2.24, 2.45) is 0 Å². The van der Waals surface area contributed by atoms with Crippen molar-refractivity contribution < 1.29 is 4.74 Å². The molecule has 0 N–H and O–H groups in total. The van der Waals surface area contributed by atoms with Gasteiger partial charge in [0, 0.05) is 0 Å². The lowest BCUT2D eigenvalue weighted by molar-refractivity contribution is 0.413. The smallest absolute Gasteiger partial charge is 0.137 e. The molecule has 2 rings (SSSR count). The highest BCUT2D eigenvalue weighted by atomic mass is 16.5. The van der Waals surface area contributed by atoms with Gasteiger partial charge in [0.15, 0.2) is 0 Å². The zero-order valence-corrected chi connectivity index (χ0v) is 9.03. The Hall–Kier alpha value is -1.57. The number of pyridine rings is 1. The molecule has 0 saturated heterocycles. The van der Waals surface area contributed by atoms with E-state index in [2.05, 4.69) is 30.5 Å². The van der Waals surface area contributed by atoms with Crippen LogP contribution < -0.4 is 4.74 Å². The van der Waals surface area contributed by atoms with Gasteiger partial charge in [-0.15, -0.1) is 0 Å². The van der Waals surface area contributed by atoms with E-state index in [1.54, 1.807) is 13.3 Å². The molecule has 0 atom stereocenters. The van der Waals surface area contributed by atoms with E-state index in [-0.39, 0.29) is 0 Å². The number of ether oxygens (including phenoxy) is 1. The average Bonchev–Trinajstić information content (AvgIpc) is 2.29. The van der Waals surface area contributed by atoms with Gasteiger partial charge in [0.2, 0.25) is 0 Å². The molecule has 0 aliphatic heterocycles. The maximum Gasteiger partial charge on any atom is 0.137 e. The van der Waals surface area contributed by atoms with Gasteiger partial charge in [-0.05, 0) is 37.5 Å². The first-order valence-electron chi connectivity index (χ1n) is 5.00. The second-order valence-electron chi connectivity index (χ2n) is 3.64. The fourth-order valence-electron chi connectivity index (χ4n) is 1.58. The molecular weight excluding hydrogens is 186 g/mol. The summed E-state index contributed by atoms with van der Waals surface area (Å²) in [6.45, 7) is 2.13. The molecule has 1 aromatic rings. The molecule has 1 aromatic heterocycles. The topological polar surface area (TPSA) is 22.1 Å². The van der Waals surface area contributed by atoms with E-state index in [0.717, 1.165) is 17.9 Å². The molecule has 0 spiro atoms. The van der Waals surface area contributed by atoms with Crippen LogP contribution in [0.2, 0.25) is 0 Å². The van der Waals surface area contributed by atoms with Crippen LogP contribution in [-0.2, 0) is 0 Å². The Bertz CT molecular complexity index is 401. The van der Waals surface area contributed by atoms with Crippen molar-refractivity contribution in [3.63, 3.8) is 0 Å². The second kappa shape index (κ2) is 4.30. The summed E-state index contributed by atoms with van der Waals surface area (Å²) in [6.07, 6.45) is 9.24. The average molecular weight is 200 g/mol. The summed E-state index contributed by atoms with van der Waals surface area (Å²) in [6, 6.07) is 3.91. The minimum absolute atomic E-state index is 0.792. The standard InChI is InChI=1S/C13H14NO/c1-10-4-3-5-11(8-10)13-7-6-12(15-2)9-14-13/h3,5-9H,4H2,1-2H3. The first-order valence-corrected chi connectivity index (χ1v) is 5.00. The summed E-state index contributed by atoms with van der Waals surface area (Å²) in [5.41, 5.74) is 3.53. The summed E-state index contributed by atoms with van der Waals surface area (Å²) in [5, 5.41) is 0. The first-order chi connectivity index (χ1) is 7.29. The van der Waals surface area contributed by atoms with Crippen LogP contribution in [0.4, 0.5) is 0 Å². The largest absolute Gasteiger partial charge is 0.495 e. The van der Waals surface area contributed by atoms with Crippen LogP contribution in [0.15, 0.2) is 36.1 Å². The van der Waals surface area contributed by atoms with Crippen LogP contribution in [0.25, 0.3) is 5.57 Å². The Morgan fingerprint density at radius 2 is 2.20 bits per heavy atom. The lowest BCUT2D eigenvalue weighted by Crippen LogP contribution is -1.93. The summed E-state index contributed by atoms with van der Waals surface area (Å²) >= 11 is 0. The molecule has 1 aliphatic rings. The normalized spacial score (nSPS) is 15.6. The zero-order chi connectivity index (χ0) is 10.7. The lowest BCUT2D eigenvalue weighted by atomic mass is 9.98. The monoisotopic (exact) mass is 200 g/mol. The minimum atomic E-state index is 0.792. The summed E-state index contributed by atoms with van der Waals surface area (Å²) < 4.78 is 5.07. The Kier molecular flexibility index (Phi) is 2.86. The van der Waals surface area contributed by atoms with Crippen molar-refractivity contribution in [1.82, 2.24) is 4.98 Å². The molecule has 77 valence electrons. The molecule has 1 aliphatic carbocycles. The van der Waals surface area contributed by atoms with Crippen LogP contribution >= 0.6 is 0 Å². The summed E-state index contributed by atoms with van der Waals surface area (Å²) in [4.78, 5) is 4.35. The van der Waals surface area contributed by atoms with Gasteiger partial charge < -0.3 is 4.74 Å². The van der Waals surface area contributed by atoms with Gasteiger partial charge in [0.05, 0.1) is 19.0 Å². The predicted octanol–water partition coefficient (Wildman–Crippen LogP) is 3.03. The van der Waals surface area contributed by atoms with Gasteiger partial charge in [-0.3, -0.25) is 4.98 Å². The third-order valence-electron chi connectivity index (χ3n) is 2.41. The summed E-state index contributed by atoms with van der Waals surface area (Å²) in [5.74, 6) is 0.792. The number of nitrogens with zero attached hydrogens (tertiary/aromatic N) is 1. The van der Waals surface area contributed by atoms with Crippen molar-refractivity contribution in [2.45, 2.75) is 13.3 Å². The number of hydrogen-bond acceptors (Lipinski definition) is 2. The van der Waals surface area contributed by atoms with Gasteiger partial charge >= 0.3 is 0 Å². The predicted molar refractivity (Wildman–Crippen MR) is 61.4 cm³/mol. The van der Waals surface area contributed by atoms with Crippen LogP contribution in [0.3, 0.4) is 0 Å². The Morgan fingerprint density at radius 1 is 1.33 bits per heavy atom. The maximum atomic E-state index is 5.07. The quantitative estimate of drug-likeness (QED) is 0.732. The van der Waals surface area contributed by atoms with E-state index in [1.807, 2.05) is 12.1 Å². The Morgan fingerprint density at radius 3 is 2.80 bits per heavy atom. The highest BCUT2D eigenvalue weighted by Gasteiger charge is 2.05. The number of allylic oxidation sites excluding steroid dienone is 4. The number of aromatic nitrogens is 1. The fraction of sp³-hybridized carbons (Fsp3) is 0.231. The molecule has 0 fully saturated rings. The van der Waals surface area contributed by atoms with Crippen LogP contribution in [0.1, 0.15) is 19.0 Å². The molecule has 0 unspecified atom stereocenters. The fourth-order valence-corrected chi connectivity index (χ4v) is 1.58. The molecule has 1 radical (unpaired) electrons. The molecule has 0 saturated carbocycles. The van der Waals surface area contributed by atoms with Crippen molar-refractivity contribution in [1.29, 1.82) is 0 Å². The van der Waals surface area contributed by atoms with E-state index in [9.17, 15) is 0 Å². The maximum absolute atomic E-state index is 5.07. The SMILES string of the molecule is COc1ccc(C2=C[CH]CC(C)=C2)nc1. The van der Waals surface area contributed by atoms with E-state index < -0.39 is 0 Å². The van der Waals surface area contributed by atoms with Crippen LogP contribution in [0, 0.1) is 6.42 Å². The van der Waals surface area contributed by atoms with Crippen molar-refractivity contribution >= 4 is 5.57 Å². The molecular formula is C13H14NO. The number of methoxy groups -OCH3 is 1. The van der Waals surface area contributed by atoms with Crippen molar-refractivity contribution in [3.8, 4) is 5.75 Å². The molecule has 1 heterocycles. The third kappa shape index (κ3) is 2.27. The summed E-state index contributed by atoms with van der Waals surface area (Å²) in [7, 11) is 1.65. The third-order valence-corrected chi connectivity index (χ3v) is 2.41. The molecule has 0 amide bonds. The number of rotatable bonds is 2.